The predicted molar refractivity (Wildman–Crippen MR) is 69.1 cm³/mol. The number of carbonyl (C=O) groups is 2. The van der Waals surface area contributed by atoms with Crippen LogP contribution in [0.25, 0.3) is 0 Å². The van der Waals surface area contributed by atoms with E-state index in [0.29, 0.717) is 13.2 Å². The Morgan fingerprint density at radius 3 is 2.22 bits per heavy atom. The molecule has 0 radical (unpaired) electrons. The Labute approximate surface area is 109 Å². The van der Waals surface area contributed by atoms with Crippen LogP contribution in [-0.2, 0) is 19.1 Å². The molecule has 18 heavy (non-hydrogen) atoms. The molecule has 0 aliphatic heterocycles. The lowest BCUT2D eigenvalue weighted by Crippen LogP contribution is -2.43. The molecule has 0 amide bonds. The maximum absolute atomic E-state index is 11.6. The number of carbonyl (C=O) groups excluding carboxylic acids is 2. The summed E-state index contributed by atoms with van der Waals surface area (Å²) in [4.78, 5) is 23.0. The molecule has 1 atom stereocenters. The van der Waals surface area contributed by atoms with Crippen molar-refractivity contribution in [3.05, 3.63) is 0 Å². The Kier molecular flexibility index (Phi) is 8.37. The van der Waals surface area contributed by atoms with Gasteiger partial charge >= 0.3 is 11.9 Å². The zero-order valence-corrected chi connectivity index (χ0v) is 12.0. The molecule has 0 aliphatic rings. The molecule has 5 nitrogen and oxygen atoms in total. The summed E-state index contributed by atoms with van der Waals surface area (Å²) < 4.78 is 9.98. The number of rotatable bonds is 8. The molecule has 5 heteroatoms. The average molecular weight is 259 g/mol. The fourth-order valence-corrected chi connectivity index (χ4v) is 1.47. The van der Waals surface area contributed by atoms with Crippen LogP contribution in [0.1, 0.15) is 41.0 Å². The third-order valence-corrected chi connectivity index (χ3v) is 2.27. The van der Waals surface area contributed by atoms with Crippen LogP contribution in [0.15, 0.2) is 0 Å². The Hall–Kier alpha value is -1.10. The predicted octanol–water partition coefficient (Wildman–Crippen LogP) is 1.51. The number of nitrogens with one attached hydrogen (secondary N) is 1. The van der Waals surface area contributed by atoms with E-state index in [9.17, 15) is 9.59 Å². The smallest absolute Gasteiger partial charge is 0.323 e. The van der Waals surface area contributed by atoms with E-state index in [0.717, 1.165) is 0 Å². The van der Waals surface area contributed by atoms with Crippen molar-refractivity contribution >= 4 is 11.9 Å². The minimum absolute atomic E-state index is 0.108. The van der Waals surface area contributed by atoms with Gasteiger partial charge in [0.25, 0.3) is 0 Å². The van der Waals surface area contributed by atoms with E-state index in [1.807, 2.05) is 13.8 Å². The molecule has 1 N–H and O–H groups in total. The van der Waals surface area contributed by atoms with Crippen LogP contribution in [-0.4, -0.2) is 37.2 Å². The van der Waals surface area contributed by atoms with Crippen molar-refractivity contribution in [1.82, 2.24) is 5.32 Å². The highest BCUT2D eigenvalue weighted by molar-refractivity contribution is 5.76. The summed E-state index contributed by atoms with van der Waals surface area (Å²) in [6.07, 6.45) is 0.143. The van der Waals surface area contributed by atoms with Crippen molar-refractivity contribution in [2.24, 2.45) is 5.92 Å². The molecule has 106 valence electrons. The van der Waals surface area contributed by atoms with Crippen LogP contribution in [0.5, 0.6) is 0 Å². The van der Waals surface area contributed by atoms with Gasteiger partial charge in [0, 0.05) is 6.54 Å². The first-order chi connectivity index (χ1) is 8.38. The van der Waals surface area contributed by atoms with E-state index >= 15 is 0 Å². The molecule has 0 bridgehead atoms. The Morgan fingerprint density at radius 2 is 1.78 bits per heavy atom. The number of ether oxygens (including phenoxy) is 2. The molecule has 0 fully saturated rings. The van der Waals surface area contributed by atoms with Crippen molar-refractivity contribution in [1.29, 1.82) is 0 Å². The monoisotopic (exact) mass is 259 g/mol. The average Bonchev–Trinajstić information content (AvgIpc) is 2.22. The van der Waals surface area contributed by atoms with Crippen LogP contribution >= 0.6 is 0 Å². The summed E-state index contributed by atoms with van der Waals surface area (Å²) in [5, 5.41) is 3.03. The highest BCUT2D eigenvalue weighted by Crippen LogP contribution is 2.04. The van der Waals surface area contributed by atoms with Gasteiger partial charge in [-0.2, -0.15) is 0 Å². The molecule has 0 rings (SSSR count). The summed E-state index contributed by atoms with van der Waals surface area (Å²) in [7, 11) is 0. The fraction of sp³-hybridized carbons (Fsp3) is 0.846. The minimum atomic E-state index is -0.378. The van der Waals surface area contributed by atoms with E-state index < -0.39 is 0 Å². The van der Waals surface area contributed by atoms with E-state index in [2.05, 4.69) is 5.32 Å². The first kappa shape index (κ1) is 16.9. The molecular weight excluding hydrogens is 234 g/mol. The van der Waals surface area contributed by atoms with Crippen LogP contribution in [0, 0.1) is 5.92 Å². The van der Waals surface area contributed by atoms with Crippen molar-refractivity contribution in [2.45, 2.75) is 53.2 Å². The molecule has 0 saturated carbocycles. The van der Waals surface area contributed by atoms with Crippen LogP contribution in [0.2, 0.25) is 0 Å². The summed E-state index contributed by atoms with van der Waals surface area (Å²) in [6.45, 7) is 10.0. The molecule has 0 aromatic rings. The summed E-state index contributed by atoms with van der Waals surface area (Å²) in [5.74, 6) is -0.418. The lowest BCUT2D eigenvalue weighted by Gasteiger charge is -2.20. The van der Waals surface area contributed by atoms with Crippen molar-refractivity contribution in [2.75, 3.05) is 13.2 Å². The summed E-state index contributed by atoms with van der Waals surface area (Å²) in [6, 6.07) is -0.378. The molecule has 0 unspecified atom stereocenters. The van der Waals surface area contributed by atoms with Gasteiger partial charge in [0.2, 0.25) is 0 Å². The van der Waals surface area contributed by atoms with Gasteiger partial charge in [0.15, 0.2) is 0 Å². The number of hydrogen-bond donors (Lipinski definition) is 1. The SMILES string of the molecule is CCOC(=O)[C@H](NCCC(=O)OC(C)C)C(C)C. The zero-order chi connectivity index (χ0) is 14.1. The maximum atomic E-state index is 11.6. The van der Waals surface area contributed by atoms with Gasteiger partial charge in [-0.25, -0.2) is 0 Å². The van der Waals surface area contributed by atoms with Crippen molar-refractivity contribution in [3.63, 3.8) is 0 Å². The van der Waals surface area contributed by atoms with Gasteiger partial charge in [0.1, 0.15) is 6.04 Å². The highest BCUT2D eigenvalue weighted by atomic mass is 16.5. The van der Waals surface area contributed by atoms with Crippen LogP contribution in [0.3, 0.4) is 0 Å². The summed E-state index contributed by atoms with van der Waals surface area (Å²) in [5.41, 5.74) is 0. The molecule has 0 aromatic heterocycles. The maximum Gasteiger partial charge on any atom is 0.323 e. The number of hydrogen-bond acceptors (Lipinski definition) is 5. The minimum Gasteiger partial charge on any atom is -0.465 e. The van der Waals surface area contributed by atoms with E-state index in [-0.39, 0.29) is 36.4 Å². The second kappa shape index (κ2) is 8.91. The van der Waals surface area contributed by atoms with E-state index in [1.165, 1.54) is 0 Å². The van der Waals surface area contributed by atoms with Gasteiger partial charge in [0.05, 0.1) is 19.1 Å². The molecule has 0 aliphatic carbocycles. The van der Waals surface area contributed by atoms with Gasteiger partial charge in [-0.15, -0.1) is 0 Å². The van der Waals surface area contributed by atoms with Gasteiger partial charge in [-0.3, -0.25) is 9.59 Å². The third kappa shape index (κ3) is 7.27. The Morgan fingerprint density at radius 1 is 1.17 bits per heavy atom. The number of esters is 2. The van der Waals surface area contributed by atoms with Gasteiger partial charge < -0.3 is 14.8 Å². The van der Waals surface area contributed by atoms with E-state index in [4.69, 9.17) is 9.47 Å². The molecule has 0 aromatic carbocycles. The standard InChI is InChI=1S/C13H25NO4/c1-6-17-13(16)12(9(2)3)14-8-7-11(15)18-10(4)5/h9-10,12,14H,6-8H2,1-5H3/t12-/m1/s1. The molecule has 0 saturated heterocycles. The summed E-state index contributed by atoms with van der Waals surface area (Å²) >= 11 is 0. The second-order valence-corrected chi connectivity index (χ2v) is 4.72. The van der Waals surface area contributed by atoms with Crippen molar-refractivity contribution in [3.8, 4) is 0 Å². The Balaban J connectivity index is 4.05. The normalized spacial score (nSPS) is 12.6. The second-order valence-electron chi connectivity index (χ2n) is 4.72. The van der Waals surface area contributed by atoms with Gasteiger partial charge in [-0.05, 0) is 26.7 Å². The van der Waals surface area contributed by atoms with Crippen molar-refractivity contribution < 1.29 is 19.1 Å². The lowest BCUT2D eigenvalue weighted by atomic mass is 10.0. The van der Waals surface area contributed by atoms with Crippen LogP contribution in [0.4, 0.5) is 0 Å². The quantitative estimate of drug-likeness (QED) is 0.669. The molecule has 0 spiro atoms. The zero-order valence-electron chi connectivity index (χ0n) is 12.0. The first-order valence-electron chi connectivity index (χ1n) is 6.48. The van der Waals surface area contributed by atoms with Gasteiger partial charge in [-0.1, -0.05) is 13.8 Å². The highest BCUT2D eigenvalue weighted by Gasteiger charge is 2.22. The Bertz CT molecular complexity index is 264. The lowest BCUT2D eigenvalue weighted by molar-refractivity contribution is -0.149. The molecular formula is C13H25NO4. The first-order valence-corrected chi connectivity index (χ1v) is 6.48. The third-order valence-electron chi connectivity index (χ3n) is 2.27. The topological polar surface area (TPSA) is 64.6 Å². The molecule has 0 heterocycles. The van der Waals surface area contributed by atoms with Crippen LogP contribution < -0.4 is 5.32 Å². The fourth-order valence-electron chi connectivity index (χ4n) is 1.47. The largest absolute Gasteiger partial charge is 0.465 e. The van der Waals surface area contributed by atoms with E-state index in [1.54, 1.807) is 20.8 Å².